The molecule has 6 heteroatoms. The summed E-state index contributed by atoms with van der Waals surface area (Å²) in [7, 11) is 0. The van der Waals surface area contributed by atoms with Gasteiger partial charge in [-0.15, -0.1) is 0 Å². The van der Waals surface area contributed by atoms with Crippen molar-refractivity contribution in [1.82, 2.24) is 9.78 Å². The van der Waals surface area contributed by atoms with Crippen molar-refractivity contribution in [3.63, 3.8) is 0 Å². The molecule has 1 fully saturated rings. The Morgan fingerprint density at radius 3 is 2.76 bits per heavy atom. The molecule has 1 aromatic heterocycles. The SMILES string of the molecule is O=c1cc(NC2CCC2)cnn1Cc1cc(Cl)ccc1Cl. The zero-order valence-corrected chi connectivity index (χ0v) is 12.9. The van der Waals surface area contributed by atoms with Crippen molar-refractivity contribution in [2.24, 2.45) is 0 Å². The average molecular weight is 324 g/mol. The van der Waals surface area contributed by atoms with Crippen LogP contribution in [-0.2, 0) is 6.54 Å². The van der Waals surface area contributed by atoms with Crippen LogP contribution in [0.1, 0.15) is 24.8 Å². The average Bonchev–Trinajstić information content (AvgIpc) is 2.41. The van der Waals surface area contributed by atoms with E-state index in [9.17, 15) is 4.79 Å². The van der Waals surface area contributed by atoms with E-state index in [-0.39, 0.29) is 5.56 Å². The molecule has 1 heterocycles. The fraction of sp³-hybridized carbons (Fsp3) is 0.333. The van der Waals surface area contributed by atoms with Crippen LogP contribution in [0.2, 0.25) is 10.0 Å². The second-order valence-corrected chi connectivity index (χ2v) is 6.09. The number of hydrogen-bond donors (Lipinski definition) is 1. The predicted octanol–water partition coefficient (Wildman–Crippen LogP) is 3.56. The van der Waals surface area contributed by atoms with Gasteiger partial charge in [-0.05, 0) is 43.0 Å². The Morgan fingerprint density at radius 1 is 1.29 bits per heavy atom. The number of halogens is 2. The van der Waals surface area contributed by atoms with Gasteiger partial charge in [0, 0.05) is 22.2 Å². The number of nitrogens with one attached hydrogen (secondary N) is 1. The lowest BCUT2D eigenvalue weighted by molar-refractivity contribution is 0.445. The Hall–Kier alpha value is -1.52. The molecule has 1 saturated carbocycles. The van der Waals surface area contributed by atoms with Crippen molar-refractivity contribution in [3.05, 3.63) is 56.4 Å². The summed E-state index contributed by atoms with van der Waals surface area (Å²) >= 11 is 12.1. The molecule has 2 aromatic rings. The molecule has 0 bridgehead atoms. The molecule has 1 aliphatic rings. The highest BCUT2D eigenvalue weighted by atomic mass is 35.5. The van der Waals surface area contributed by atoms with Gasteiger partial charge in [0.15, 0.2) is 0 Å². The third kappa shape index (κ3) is 3.39. The van der Waals surface area contributed by atoms with Gasteiger partial charge in [0.05, 0.1) is 18.4 Å². The molecule has 0 amide bonds. The van der Waals surface area contributed by atoms with E-state index < -0.39 is 0 Å². The topological polar surface area (TPSA) is 46.9 Å². The van der Waals surface area contributed by atoms with Gasteiger partial charge in [0.25, 0.3) is 5.56 Å². The van der Waals surface area contributed by atoms with E-state index in [1.807, 2.05) is 0 Å². The first kappa shape index (κ1) is 14.4. The highest BCUT2D eigenvalue weighted by Gasteiger charge is 2.17. The third-order valence-corrected chi connectivity index (χ3v) is 4.28. The molecule has 4 nitrogen and oxygen atoms in total. The van der Waals surface area contributed by atoms with Crippen LogP contribution in [-0.4, -0.2) is 15.8 Å². The lowest BCUT2D eigenvalue weighted by atomic mass is 9.93. The second-order valence-electron chi connectivity index (χ2n) is 5.25. The normalized spacial score (nSPS) is 14.8. The van der Waals surface area contributed by atoms with Crippen LogP contribution in [0, 0.1) is 0 Å². The van der Waals surface area contributed by atoms with Crippen molar-refractivity contribution in [1.29, 1.82) is 0 Å². The number of nitrogens with zero attached hydrogens (tertiary/aromatic N) is 2. The zero-order chi connectivity index (χ0) is 14.8. The maximum Gasteiger partial charge on any atom is 0.269 e. The summed E-state index contributed by atoms with van der Waals surface area (Å²) < 4.78 is 1.38. The van der Waals surface area contributed by atoms with E-state index in [4.69, 9.17) is 23.2 Å². The molecule has 0 aliphatic heterocycles. The van der Waals surface area contributed by atoms with Crippen LogP contribution in [0.3, 0.4) is 0 Å². The summed E-state index contributed by atoms with van der Waals surface area (Å²) in [6.07, 6.45) is 5.23. The van der Waals surface area contributed by atoms with Gasteiger partial charge in [-0.2, -0.15) is 5.10 Å². The molecule has 0 saturated heterocycles. The molecule has 1 aliphatic carbocycles. The van der Waals surface area contributed by atoms with E-state index in [1.54, 1.807) is 30.5 Å². The summed E-state index contributed by atoms with van der Waals surface area (Å²) in [5.41, 5.74) is 1.40. The van der Waals surface area contributed by atoms with Gasteiger partial charge in [-0.3, -0.25) is 4.79 Å². The Morgan fingerprint density at radius 2 is 2.10 bits per heavy atom. The van der Waals surface area contributed by atoms with Crippen molar-refractivity contribution in [2.45, 2.75) is 31.8 Å². The molecule has 0 radical (unpaired) electrons. The lowest BCUT2D eigenvalue weighted by Crippen LogP contribution is -2.29. The summed E-state index contributed by atoms with van der Waals surface area (Å²) in [5, 5.41) is 8.67. The van der Waals surface area contributed by atoms with E-state index in [2.05, 4.69) is 10.4 Å². The Labute approximate surface area is 132 Å². The fourth-order valence-electron chi connectivity index (χ4n) is 2.25. The second kappa shape index (κ2) is 6.08. The minimum atomic E-state index is -0.157. The quantitative estimate of drug-likeness (QED) is 0.935. The van der Waals surface area contributed by atoms with Crippen LogP contribution in [0.5, 0.6) is 0 Å². The van der Waals surface area contributed by atoms with Crippen LogP contribution < -0.4 is 10.9 Å². The summed E-state index contributed by atoms with van der Waals surface area (Å²) in [6.45, 7) is 0.307. The monoisotopic (exact) mass is 323 g/mol. The number of aromatic nitrogens is 2. The fourth-order valence-corrected chi connectivity index (χ4v) is 2.62. The molecule has 110 valence electrons. The van der Waals surface area contributed by atoms with E-state index >= 15 is 0 Å². The maximum absolute atomic E-state index is 12.1. The lowest BCUT2D eigenvalue weighted by Gasteiger charge is -2.27. The van der Waals surface area contributed by atoms with Gasteiger partial charge >= 0.3 is 0 Å². The first-order chi connectivity index (χ1) is 10.1. The molecule has 21 heavy (non-hydrogen) atoms. The molecule has 3 rings (SSSR count). The third-order valence-electron chi connectivity index (χ3n) is 3.67. The standard InChI is InChI=1S/C15H15Cl2N3O/c16-11-4-5-14(17)10(6-11)9-20-15(21)7-13(8-18-20)19-12-2-1-3-12/h4-8,12,19H,1-3,9H2. The van der Waals surface area contributed by atoms with Gasteiger partial charge < -0.3 is 5.32 Å². The molecule has 1 N–H and O–H groups in total. The maximum atomic E-state index is 12.1. The summed E-state index contributed by atoms with van der Waals surface area (Å²) in [4.78, 5) is 12.1. The molecule has 1 aromatic carbocycles. The molecule has 0 unspecified atom stereocenters. The highest BCUT2D eigenvalue weighted by Crippen LogP contribution is 2.23. The minimum Gasteiger partial charge on any atom is -0.381 e. The number of benzene rings is 1. The molecular weight excluding hydrogens is 309 g/mol. The van der Waals surface area contributed by atoms with E-state index in [0.29, 0.717) is 22.6 Å². The number of rotatable bonds is 4. The first-order valence-corrected chi connectivity index (χ1v) is 7.65. The van der Waals surface area contributed by atoms with Gasteiger partial charge in [0.2, 0.25) is 0 Å². The molecule has 0 spiro atoms. The zero-order valence-electron chi connectivity index (χ0n) is 11.4. The Bertz CT molecular complexity index is 710. The molecule has 0 atom stereocenters. The first-order valence-electron chi connectivity index (χ1n) is 6.89. The summed E-state index contributed by atoms with van der Waals surface area (Å²) in [5.74, 6) is 0. The minimum absolute atomic E-state index is 0.157. The Kier molecular flexibility index (Phi) is 4.17. The van der Waals surface area contributed by atoms with Crippen LogP contribution in [0.4, 0.5) is 5.69 Å². The highest BCUT2D eigenvalue weighted by molar-refractivity contribution is 6.33. The summed E-state index contributed by atoms with van der Waals surface area (Å²) in [6, 6.07) is 7.23. The van der Waals surface area contributed by atoms with E-state index in [1.165, 1.54) is 11.1 Å². The predicted molar refractivity (Wildman–Crippen MR) is 85.3 cm³/mol. The number of anilines is 1. The van der Waals surface area contributed by atoms with Crippen LogP contribution >= 0.6 is 23.2 Å². The van der Waals surface area contributed by atoms with Crippen molar-refractivity contribution < 1.29 is 0 Å². The number of hydrogen-bond acceptors (Lipinski definition) is 3. The smallest absolute Gasteiger partial charge is 0.269 e. The van der Waals surface area contributed by atoms with Gasteiger partial charge in [-0.1, -0.05) is 23.2 Å². The van der Waals surface area contributed by atoms with Crippen LogP contribution in [0.25, 0.3) is 0 Å². The van der Waals surface area contributed by atoms with Crippen molar-refractivity contribution in [3.8, 4) is 0 Å². The largest absolute Gasteiger partial charge is 0.381 e. The van der Waals surface area contributed by atoms with Crippen molar-refractivity contribution >= 4 is 28.9 Å². The molecular formula is C15H15Cl2N3O. The van der Waals surface area contributed by atoms with Crippen LogP contribution in [0.15, 0.2) is 35.3 Å². The van der Waals surface area contributed by atoms with Gasteiger partial charge in [0.1, 0.15) is 0 Å². The Balaban J connectivity index is 1.79. The van der Waals surface area contributed by atoms with E-state index in [0.717, 1.165) is 24.1 Å². The van der Waals surface area contributed by atoms with Crippen molar-refractivity contribution in [2.75, 3.05) is 5.32 Å². The van der Waals surface area contributed by atoms with Gasteiger partial charge in [-0.25, -0.2) is 4.68 Å².